The van der Waals surface area contributed by atoms with E-state index in [9.17, 15) is 9.59 Å². The Hall–Kier alpha value is -2.35. The molecule has 0 radical (unpaired) electrons. The summed E-state index contributed by atoms with van der Waals surface area (Å²) in [5.41, 5.74) is 5.40. The number of halogens is 2. The van der Waals surface area contributed by atoms with Gasteiger partial charge < -0.3 is 4.74 Å². The van der Waals surface area contributed by atoms with Gasteiger partial charge in [0.15, 0.2) is 5.11 Å². The van der Waals surface area contributed by atoms with E-state index in [-0.39, 0.29) is 10.7 Å². The summed E-state index contributed by atoms with van der Waals surface area (Å²) in [5.74, 6) is -0.624. The molecule has 2 aromatic carbocycles. The van der Waals surface area contributed by atoms with E-state index >= 15 is 0 Å². The van der Waals surface area contributed by atoms with Gasteiger partial charge in [-0.05, 0) is 54.7 Å². The molecule has 0 unspecified atom stereocenters. The molecule has 0 fully saturated rings. The topological polar surface area (TPSA) is 79.5 Å². The minimum atomic E-state index is -0.530. The van der Waals surface area contributed by atoms with Gasteiger partial charge in [0.2, 0.25) is 0 Å². The number of thiocarbonyl (C=S) groups is 1. The van der Waals surface area contributed by atoms with Crippen molar-refractivity contribution < 1.29 is 14.3 Å². The molecule has 2 aromatic rings. The monoisotopic (exact) mass is 397 g/mol. The van der Waals surface area contributed by atoms with E-state index in [2.05, 4.69) is 16.2 Å². The van der Waals surface area contributed by atoms with Gasteiger partial charge in [-0.1, -0.05) is 23.2 Å². The number of methoxy groups -OCH3 is 1. The minimum Gasteiger partial charge on any atom is -0.496 e. The van der Waals surface area contributed by atoms with Gasteiger partial charge in [0.1, 0.15) is 5.75 Å². The second kappa shape index (κ2) is 8.66. The molecule has 9 heteroatoms. The van der Waals surface area contributed by atoms with Crippen LogP contribution in [0.15, 0.2) is 42.5 Å². The molecule has 6 nitrogen and oxygen atoms in total. The fraction of sp³-hybridized carbons (Fsp3) is 0.0625. The second-order valence-electron chi connectivity index (χ2n) is 4.71. The van der Waals surface area contributed by atoms with Crippen LogP contribution in [-0.4, -0.2) is 24.0 Å². The Kier molecular flexibility index (Phi) is 6.58. The lowest BCUT2D eigenvalue weighted by atomic mass is 10.2. The maximum absolute atomic E-state index is 12.2. The van der Waals surface area contributed by atoms with Gasteiger partial charge in [-0.15, -0.1) is 0 Å². The van der Waals surface area contributed by atoms with Crippen LogP contribution in [0.5, 0.6) is 5.75 Å². The Bertz CT molecular complexity index is 813. The van der Waals surface area contributed by atoms with E-state index in [1.807, 2.05) is 0 Å². The van der Waals surface area contributed by atoms with E-state index < -0.39 is 11.8 Å². The third kappa shape index (κ3) is 5.32. The SMILES string of the molecule is COc1ccc(Cl)cc1C(=O)NC(=S)NNC(=O)c1ccc(Cl)cc1. The highest BCUT2D eigenvalue weighted by Gasteiger charge is 2.14. The first kappa shape index (κ1) is 19.0. The maximum Gasteiger partial charge on any atom is 0.269 e. The number of benzene rings is 2. The average Bonchev–Trinajstić information content (AvgIpc) is 2.60. The van der Waals surface area contributed by atoms with Gasteiger partial charge in [0.25, 0.3) is 11.8 Å². The van der Waals surface area contributed by atoms with Gasteiger partial charge in [-0.25, -0.2) is 0 Å². The zero-order valence-corrected chi connectivity index (χ0v) is 15.3. The molecule has 0 saturated carbocycles. The summed E-state index contributed by atoms with van der Waals surface area (Å²) in [4.78, 5) is 24.2. The maximum atomic E-state index is 12.2. The van der Waals surface area contributed by atoms with Crippen molar-refractivity contribution in [1.29, 1.82) is 0 Å². The van der Waals surface area contributed by atoms with Crippen LogP contribution in [-0.2, 0) is 0 Å². The number of amides is 2. The summed E-state index contributed by atoms with van der Waals surface area (Å²) in [7, 11) is 1.43. The Labute approximate surface area is 159 Å². The van der Waals surface area contributed by atoms with Crippen LogP contribution in [0.1, 0.15) is 20.7 Å². The normalized spacial score (nSPS) is 9.88. The van der Waals surface area contributed by atoms with Crippen LogP contribution in [0, 0.1) is 0 Å². The van der Waals surface area contributed by atoms with Crippen molar-refractivity contribution in [2.45, 2.75) is 0 Å². The first-order valence-electron chi connectivity index (χ1n) is 6.91. The molecule has 0 aliphatic heterocycles. The molecule has 0 aliphatic carbocycles. The standard InChI is InChI=1S/C16H13Cl2N3O3S/c1-24-13-7-6-11(18)8-12(13)15(23)19-16(25)21-20-14(22)9-2-4-10(17)5-3-9/h2-8H,1H3,(H,20,22)(H2,19,21,23,25). The Morgan fingerprint density at radius 3 is 2.24 bits per heavy atom. The molecule has 3 N–H and O–H groups in total. The molecule has 0 aliphatic rings. The molecule has 0 aromatic heterocycles. The van der Waals surface area contributed by atoms with Crippen LogP contribution in [0.2, 0.25) is 10.0 Å². The largest absolute Gasteiger partial charge is 0.496 e. The number of carbonyl (C=O) groups excluding carboxylic acids is 2. The van der Waals surface area contributed by atoms with Crippen molar-refractivity contribution in [2.24, 2.45) is 0 Å². The van der Waals surface area contributed by atoms with Crippen molar-refractivity contribution >= 4 is 52.3 Å². The molecule has 0 bridgehead atoms. The summed E-state index contributed by atoms with van der Waals surface area (Å²) >= 11 is 16.6. The molecule has 130 valence electrons. The van der Waals surface area contributed by atoms with Crippen LogP contribution in [0.25, 0.3) is 0 Å². The first-order valence-corrected chi connectivity index (χ1v) is 8.08. The number of hydrogen-bond acceptors (Lipinski definition) is 4. The molecule has 25 heavy (non-hydrogen) atoms. The number of nitrogens with one attached hydrogen (secondary N) is 3. The number of hydrogen-bond donors (Lipinski definition) is 3. The van der Waals surface area contributed by atoms with E-state index in [0.29, 0.717) is 21.4 Å². The highest BCUT2D eigenvalue weighted by molar-refractivity contribution is 7.80. The number of rotatable bonds is 3. The summed E-state index contributed by atoms with van der Waals surface area (Å²) in [5, 5.41) is 3.22. The predicted octanol–water partition coefficient (Wildman–Crippen LogP) is 2.95. The van der Waals surface area contributed by atoms with E-state index in [0.717, 1.165) is 0 Å². The van der Waals surface area contributed by atoms with Crippen molar-refractivity contribution in [2.75, 3.05) is 7.11 Å². The number of ether oxygens (including phenoxy) is 1. The smallest absolute Gasteiger partial charge is 0.269 e. The van der Waals surface area contributed by atoms with Crippen LogP contribution < -0.4 is 20.9 Å². The summed E-state index contributed by atoms with van der Waals surface area (Å²) < 4.78 is 5.11. The lowest BCUT2D eigenvalue weighted by Crippen LogP contribution is -2.48. The highest BCUT2D eigenvalue weighted by atomic mass is 35.5. The van der Waals surface area contributed by atoms with Crippen LogP contribution >= 0.6 is 35.4 Å². The Morgan fingerprint density at radius 2 is 1.60 bits per heavy atom. The first-order chi connectivity index (χ1) is 11.9. The van der Waals surface area contributed by atoms with Crippen LogP contribution in [0.4, 0.5) is 0 Å². The predicted molar refractivity (Wildman–Crippen MR) is 100 cm³/mol. The van der Waals surface area contributed by atoms with Gasteiger partial charge in [-0.3, -0.25) is 25.8 Å². The quantitative estimate of drug-likeness (QED) is 0.547. The van der Waals surface area contributed by atoms with Gasteiger partial charge in [0.05, 0.1) is 12.7 Å². The molecule has 2 rings (SSSR count). The zero-order valence-electron chi connectivity index (χ0n) is 12.9. The molecular weight excluding hydrogens is 385 g/mol. The van der Waals surface area contributed by atoms with E-state index in [1.54, 1.807) is 36.4 Å². The summed E-state index contributed by atoms with van der Waals surface area (Å²) in [6.07, 6.45) is 0. The van der Waals surface area contributed by atoms with E-state index in [1.165, 1.54) is 13.2 Å². The lowest BCUT2D eigenvalue weighted by molar-refractivity contribution is 0.0934. The third-order valence-electron chi connectivity index (χ3n) is 3.03. The molecule has 0 saturated heterocycles. The summed E-state index contributed by atoms with van der Waals surface area (Å²) in [6, 6.07) is 10.9. The Balaban J connectivity index is 1.94. The van der Waals surface area contributed by atoms with Gasteiger partial charge in [-0.2, -0.15) is 0 Å². The van der Waals surface area contributed by atoms with Crippen molar-refractivity contribution in [3.63, 3.8) is 0 Å². The van der Waals surface area contributed by atoms with Gasteiger partial charge >= 0.3 is 0 Å². The number of carbonyl (C=O) groups is 2. The lowest BCUT2D eigenvalue weighted by Gasteiger charge is -2.12. The average molecular weight is 398 g/mol. The third-order valence-corrected chi connectivity index (χ3v) is 3.72. The second-order valence-corrected chi connectivity index (χ2v) is 5.99. The van der Waals surface area contributed by atoms with Crippen molar-refractivity contribution in [3.05, 3.63) is 63.6 Å². The van der Waals surface area contributed by atoms with Crippen LogP contribution in [0.3, 0.4) is 0 Å². The van der Waals surface area contributed by atoms with E-state index in [4.69, 9.17) is 40.2 Å². The Morgan fingerprint density at radius 1 is 0.960 bits per heavy atom. The molecule has 2 amide bonds. The fourth-order valence-electron chi connectivity index (χ4n) is 1.85. The molecule has 0 atom stereocenters. The van der Waals surface area contributed by atoms with Crippen molar-refractivity contribution in [1.82, 2.24) is 16.2 Å². The highest BCUT2D eigenvalue weighted by Crippen LogP contribution is 2.22. The fourth-order valence-corrected chi connectivity index (χ4v) is 2.29. The minimum absolute atomic E-state index is 0.0886. The van der Waals surface area contributed by atoms with Crippen molar-refractivity contribution in [3.8, 4) is 5.75 Å². The zero-order chi connectivity index (χ0) is 18.4. The molecular formula is C16H13Cl2N3O3S. The number of hydrazine groups is 1. The van der Waals surface area contributed by atoms with Gasteiger partial charge in [0, 0.05) is 15.6 Å². The summed E-state index contributed by atoms with van der Waals surface area (Å²) in [6.45, 7) is 0. The molecule has 0 heterocycles. The molecule has 0 spiro atoms.